The summed E-state index contributed by atoms with van der Waals surface area (Å²) in [5.74, 6) is 2.84. The Morgan fingerprint density at radius 3 is 1.02 bits per heavy atom. The number of ether oxygens (including phenoxy) is 4. The average Bonchev–Trinajstić information content (AvgIpc) is 3.06. The Balaban J connectivity index is 1.02. The molecule has 1 heterocycles. The molecule has 1 aliphatic heterocycles. The van der Waals surface area contributed by atoms with Gasteiger partial charge in [-0.05, 0) is 72.8 Å². The van der Waals surface area contributed by atoms with Crippen LogP contribution >= 0.6 is 0 Å². The second-order valence-corrected chi connectivity index (χ2v) is 9.65. The molecule has 0 N–H and O–H groups in total. The van der Waals surface area contributed by atoms with E-state index < -0.39 is 0 Å². The number of piperazine rings is 1. The molecule has 0 unspecified atom stereocenters. The zero-order valence-corrected chi connectivity index (χ0v) is 23.4. The Morgan fingerprint density at radius 1 is 0.429 bits per heavy atom. The highest BCUT2D eigenvalue weighted by Gasteiger charge is 2.25. The molecule has 0 spiro atoms. The van der Waals surface area contributed by atoms with E-state index in [0.717, 1.165) is 11.5 Å². The fraction of sp³-hybridized carbons (Fsp3) is 0.235. The largest absolute Gasteiger partial charge is 0.490 e. The molecule has 8 nitrogen and oxygen atoms in total. The van der Waals surface area contributed by atoms with Gasteiger partial charge in [-0.3, -0.25) is 9.59 Å². The number of para-hydroxylation sites is 2. The number of rotatable bonds is 12. The summed E-state index contributed by atoms with van der Waals surface area (Å²) in [7, 11) is 0. The minimum atomic E-state index is -0.0567. The lowest BCUT2D eigenvalue weighted by Crippen LogP contribution is -2.50. The topological polar surface area (TPSA) is 77.5 Å². The molecule has 0 bridgehead atoms. The summed E-state index contributed by atoms with van der Waals surface area (Å²) in [5, 5.41) is 0. The van der Waals surface area contributed by atoms with Crippen molar-refractivity contribution in [3.8, 4) is 23.0 Å². The Morgan fingerprint density at radius 2 is 0.714 bits per heavy atom. The summed E-state index contributed by atoms with van der Waals surface area (Å²) in [4.78, 5) is 29.6. The van der Waals surface area contributed by atoms with Crippen molar-refractivity contribution in [2.75, 3.05) is 52.6 Å². The molecule has 0 atom stereocenters. The van der Waals surface area contributed by atoms with Crippen molar-refractivity contribution in [2.45, 2.75) is 0 Å². The Bertz CT molecular complexity index is 1290. The lowest BCUT2D eigenvalue weighted by molar-refractivity contribution is 0.0535. The van der Waals surface area contributed by atoms with Crippen LogP contribution in [0.5, 0.6) is 23.0 Å². The zero-order valence-electron chi connectivity index (χ0n) is 23.4. The van der Waals surface area contributed by atoms with Gasteiger partial charge in [0.25, 0.3) is 11.8 Å². The lowest BCUT2D eigenvalue weighted by atomic mass is 10.1. The van der Waals surface area contributed by atoms with Crippen molar-refractivity contribution in [1.29, 1.82) is 0 Å². The summed E-state index contributed by atoms with van der Waals surface area (Å²) in [5.41, 5.74) is 1.18. The second kappa shape index (κ2) is 14.6. The van der Waals surface area contributed by atoms with E-state index >= 15 is 0 Å². The molecular formula is C34H34N2O6. The van der Waals surface area contributed by atoms with Crippen LogP contribution in [-0.4, -0.2) is 74.2 Å². The van der Waals surface area contributed by atoms with Gasteiger partial charge in [-0.15, -0.1) is 0 Å². The third-order valence-corrected chi connectivity index (χ3v) is 6.78. The van der Waals surface area contributed by atoms with Crippen LogP contribution in [0.1, 0.15) is 20.7 Å². The van der Waals surface area contributed by atoms with Gasteiger partial charge in [-0.2, -0.15) is 0 Å². The maximum absolute atomic E-state index is 13.0. The Kier molecular flexibility index (Phi) is 9.92. The van der Waals surface area contributed by atoms with Gasteiger partial charge >= 0.3 is 0 Å². The average molecular weight is 567 g/mol. The summed E-state index contributed by atoms with van der Waals surface area (Å²) < 4.78 is 22.7. The first-order valence-corrected chi connectivity index (χ1v) is 14.1. The van der Waals surface area contributed by atoms with Crippen LogP contribution in [0.2, 0.25) is 0 Å². The molecule has 1 fully saturated rings. The molecule has 1 aliphatic rings. The summed E-state index contributed by atoms with van der Waals surface area (Å²) >= 11 is 0. The van der Waals surface area contributed by atoms with E-state index in [1.54, 1.807) is 58.3 Å². The summed E-state index contributed by atoms with van der Waals surface area (Å²) in [6.45, 7) is 3.55. The Hall–Kier alpha value is -4.98. The van der Waals surface area contributed by atoms with Crippen LogP contribution in [0, 0.1) is 0 Å². The van der Waals surface area contributed by atoms with Gasteiger partial charge in [-0.1, -0.05) is 36.4 Å². The van der Waals surface area contributed by atoms with Crippen LogP contribution in [0.15, 0.2) is 109 Å². The van der Waals surface area contributed by atoms with Crippen LogP contribution in [-0.2, 0) is 0 Å². The van der Waals surface area contributed by atoms with Gasteiger partial charge in [0.15, 0.2) is 0 Å². The van der Waals surface area contributed by atoms with E-state index in [1.807, 2.05) is 60.7 Å². The van der Waals surface area contributed by atoms with Gasteiger partial charge in [0.2, 0.25) is 0 Å². The van der Waals surface area contributed by atoms with E-state index in [4.69, 9.17) is 18.9 Å². The molecule has 4 aromatic rings. The molecule has 42 heavy (non-hydrogen) atoms. The monoisotopic (exact) mass is 566 g/mol. The maximum Gasteiger partial charge on any atom is 0.253 e. The van der Waals surface area contributed by atoms with E-state index in [9.17, 15) is 9.59 Å². The standard InChI is InChI=1S/C34H34N2O6/c37-33(27-11-15-31(16-12-27)41-25-23-39-29-7-3-1-4-8-29)35-19-21-36(22-20-35)34(38)28-13-17-32(18-14-28)42-26-24-40-30-9-5-2-6-10-30/h1-18H,19-26H2. The van der Waals surface area contributed by atoms with E-state index in [-0.39, 0.29) is 11.8 Å². The first kappa shape index (κ1) is 28.5. The van der Waals surface area contributed by atoms with Crippen molar-refractivity contribution >= 4 is 11.8 Å². The summed E-state index contributed by atoms with van der Waals surface area (Å²) in [6.07, 6.45) is 0. The molecule has 216 valence electrons. The molecule has 0 aliphatic carbocycles. The molecular weight excluding hydrogens is 532 g/mol. The van der Waals surface area contributed by atoms with Gasteiger partial charge in [-0.25, -0.2) is 0 Å². The molecule has 1 saturated heterocycles. The molecule has 0 radical (unpaired) electrons. The minimum Gasteiger partial charge on any atom is -0.490 e. The highest BCUT2D eigenvalue weighted by atomic mass is 16.5. The van der Waals surface area contributed by atoms with Gasteiger partial charge in [0.05, 0.1) is 0 Å². The zero-order chi connectivity index (χ0) is 29.0. The van der Waals surface area contributed by atoms with Crippen LogP contribution in [0.4, 0.5) is 0 Å². The minimum absolute atomic E-state index is 0.0567. The molecule has 4 aromatic carbocycles. The normalized spacial score (nSPS) is 12.9. The third-order valence-electron chi connectivity index (χ3n) is 6.78. The first-order valence-electron chi connectivity index (χ1n) is 14.1. The highest BCUT2D eigenvalue weighted by molar-refractivity contribution is 5.96. The quantitative estimate of drug-likeness (QED) is 0.220. The van der Waals surface area contributed by atoms with Crippen molar-refractivity contribution in [1.82, 2.24) is 9.80 Å². The second-order valence-electron chi connectivity index (χ2n) is 9.65. The van der Waals surface area contributed by atoms with Crippen LogP contribution < -0.4 is 18.9 Å². The van der Waals surface area contributed by atoms with Crippen LogP contribution in [0.3, 0.4) is 0 Å². The molecule has 2 amide bonds. The number of carbonyl (C=O) groups excluding carboxylic acids is 2. The number of nitrogens with zero attached hydrogens (tertiary/aromatic N) is 2. The van der Waals surface area contributed by atoms with Gasteiger partial charge < -0.3 is 28.7 Å². The van der Waals surface area contributed by atoms with Crippen molar-refractivity contribution in [2.24, 2.45) is 0 Å². The molecule has 0 saturated carbocycles. The maximum atomic E-state index is 13.0. The molecule has 8 heteroatoms. The Labute approximate surface area is 246 Å². The van der Waals surface area contributed by atoms with Crippen molar-refractivity contribution in [3.63, 3.8) is 0 Å². The SMILES string of the molecule is O=C(c1ccc(OCCOc2ccccc2)cc1)N1CCN(C(=O)c2ccc(OCCOc3ccccc3)cc2)CC1. The number of hydrogen-bond acceptors (Lipinski definition) is 6. The molecule has 5 rings (SSSR count). The predicted octanol–water partition coefficient (Wildman–Crippen LogP) is 5.20. The number of hydrogen-bond donors (Lipinski definition) is 0. The number of benzene rings is 4. The predicted molar refractivity (Wildman–Crippen MR) is 160 cm³/mol. The fourth-order valence-electron chi connectivity index (χ4n) is 4.54. The first-order chi connectivity index (χ1) is 20.7. The fourth-order valence-corrected chi connectivity index (χ4v) is 4.54. The van der Waals surface area contributed by atoms with E-state index in [2.05, 4.69) is 0 Å². The lowest BCUT2D eigenvalue weighted by Gasteiger charge is -2.35. The van der Waals surface area contributed by atoms with Gasteiger partial charge in [0.1, 0.15) is 49.4 Å². The summed E-state index contributed by atoms with van der Waals surface area (Å²) in [6, 6.07) is 33.4. The highest BCUT2D eigenvalue weighted by Crippen LogP contribution is 2.18. The van der Waals surface area contributed by atoms with Crippen molar-refractivity contribution < 1.29 is 28.5 Å². The van der Waals surface area contributed by atoms with E-state index in [1.165, 1.54) is 0 Å². The third kappa shape index (κ3) is 8.04. The number of amides is 2. The van der Waals surface area contributed by atoms with Crippen molar-refractivity contribution in [3.05, 3.63) is 120 Å². The number of carbonyl (C=O) groups is 2. The van der Waals surface area contributed by atoms with E-state index in [0.29, 0.717) is 75.2 Å². The smallest absolute Gasteiger partial charge is 0.253 e. The molecule has 0 aromatic heterocycles. The van der Waals surface area contributed by atoms with Crippen LogP contribution in [0.25, 0.3) is 0 Å². The van der Waals surface area contributed by atoms with Gasteiger partial charge in [0, 0.05) is 37.3 Å².